The van der Waals surface area contributed by atoms with E-state index < -0.39 is 5.97 Å². The Morgan fingerprint density at radius 1 is 1.13 bits per heavy atom. The molecule has 1 saturated heterocycles. The molecule has 8 heteroatoms. The number of aryl methyl sites for hydroxylation is 1. The van der Waals surface area contributed by atoms with Crippen LogP contribution in [0.2, 0.25) is 0 Å². The number of carbonyl (C=O) groups is 3. The van der Waals surface area contributed by atoms with Crippen LogP contribution in [-0.2, 0) is 9.53 Å². The van der Waals surface area contributed by atoms with E-state index in [0.29, 0.717) is 29.1 Å². The van der Waals surface area contributed by atoms with Gasteiger partial charge in [0.1, 0.15) is 5.69 Å². The van der Waals surface area contributed by atoms with Gasteiger partial charge in [-0.25, -0.2) is 4.79 Å². The van der Waals surface area contributed by atoms with Crippen LogP contribution in [0.3, 0.4) is 0 Å². The molecule has 8 nitrogen and oxygen atoms in total. The van der Waals surface area contributed by atoms with Gasteiger partial charge in [-0.05, 0) is 51.3 Å². The second kappa shape index (κ2) is 10.3. The second-order valence-electron chi connectivity index (χ2n) is 7.78. The Balaban J connectivity index is 1.50. The number of H-pyrrole nitrogens is 1. The fraction of sp³-hybridized carbons (Fsp3) is 0.435. The van der Waals surface area contributed by atoms with E-state index in [-0.39, 0.29) is 24.5 Å². The number of likely N-dealkylation sites (tertiary alicyclic amines) is 1. The van der Waals surface area contributed by atoms with Gasteiger partial charge >= 0.3 is 5.97 Å². The lowest BCUT2D eigenvalue weighted by molar-refractivity contribution is -0.117. The topological polar surface area (TPSA) is 104 Å². The van der Waals surface area contributed by atoms with Crippen molar-refractivity contribution >= 4 is 23.5 Å². The Labute approximate surface area is 182 Å². The molecule has 0 atom stereocenters. The lowest BCUT2D eigenvalue weighted by Gasteiger charge is -2.31. The minimum atomic E-state index is -0.421. The highest BCUT2D eigenvalue weighted by Gasteiger charge is 2.26. The normalized spacial score (nSPS) is 14.8. The first-order valence-electron chi connectivity index (χ1n) is 10.6. The van der Waals surface area contributed by atoms with Crippen molar-refractivity contribution in [3.8, 4) is 0 Å². The molecule has 2 heterocycles. The number of hydrogen-bond acceptors (Lipinski definition) is 5. The molecule has 3 N–H and O–H groups in total. The molecule has 0 spiro atoms. The third-order valence-corrected chi connectivity index (χ3v) is 5.49. The molecule has 0 saturated carbocycles. The van der Waals surface area contributed by atoms with Crippen LogP contribution in [0.15, 0.2) is 30.3 Å². The van der Waals surface area contributed by atoms with E-state index in [1.54, 1.807) is 20.8 Å². The third kappa shape index (κ3) is 5.73. The lowest BCUT2D eigenvalue weighted by Crippen LogP contribution is -2.46. The van der Waals surface area contributed by atoms with Crippen LogP contribution in [-0.4, -0.2) is 60.0 Å². The Morgan fingerprint density at radius 3 is 2.45 bits per heavy atom. The van der Waals surface area contributed by atoms with Crippen LogP contribution in [0.4, 0.5) is 5.69 Å². The molecule has 1 aliphatic rings. The van der Waals surface area contributed by atoms with E-state index in [2.05, 4.69) is 20.5 Å². The summed E-state index contributed by atoms with van der Waals surface area (Å²) in [4.78, 5) is 42.3. The van der Waals surface area contributed by atoms with E-state index in [1.807, 2.05) is 30.3 Å². The zero-order valence-electron chi connectivity index (χ0n) is 18.3. The number of aromatic nitrogens is 1. The largest absolute Gasteiger partial charge is 0.462 e. The van der Waals surface area contributed by atoms with Crippen molar-refractivity contribution in [3.05, 3.63) is 52.8 Å². The Bertz CT molecular complexity index is 931. The van der Waals surface area contributed by atoms with Crippen molar-refractivity contribution in [3.63, 3.8) is 0 Å². The minimum Gasteiger partial charge on any atom is -0.462 e. The van der Waals surface area contributed by atoms with Crippen LogP contribution >= 0.6 is 0 Å². The predicted molar refractivity (Wildman–Crippen MR) is 118 cm³/mol. The minimum absolute atomic E-state index is 0.0231. The summed E-state index contributed by atoms with van der Waals surface area (Å²) in [7, 11) is 0. The molecule has 0 aliphatic carbocycles. The number of aromatic amines is 1. The Kier molecular flexibility index (Phi) is 7.46. The number of anilines is 1. The van der Waals surface area contributed by atoms with Crippen LogP contribution in [0, 0.1) is 13.8 Å². The van der Waals surface area contributed by atoms with Gasteiger partial charge in [0.25, 0.3) is 5.91 Å². The van der Waals surface area contributed by atoms with E-state index in [9.17, 15) is 14.4 Å². The quantitative estimate of drug-likeness (QED) is 0.591. The standard InChI is InChI=1S/C23H30N4O4/c1-4-31-23(30)20-15(2)21(24-16(20)3)22(29)26-18-10-12-27(13-11-18)14-19(28)25-17-8-6-5-7-9-17/h5-9,18,24H,4,10-14H2,1-3H3,(H,25,28)(H,26,29). The molecule has 1 aromatic carbocycles. The van der Waals surface area contributed by atoms with Gasteiger partial charge in [0, 0.05) is 30.5 Å². The maximum atomic E-state index is 12.8. The maximum absolute atomic E-state index is 12.8. The van der Waals surface area contributed by atoms with Crippen LogP contribution < -0.4 is 10.6 Å². The van der Waals surface area contributed by atoms with Gasteiger partial charge in [-0.2, -0.15) is 0 Å². The van der Waals surface area contributed by atoms with Gasteiger partial charge in [0.2, 0.25) is 5.91 Å². The number of para-hydroxylation sites is 1. The molecule has 2 amide bonds. The van der Waals surface area contributed by atoms with Gasteiger partial charge < -0.3 is 20.4 Å². The summed E-state index contributed by atoms with van der Waals surface area (Å²) < 4.78 is 5.08. The van der Waals surface area contributed by atoms with E-state index >= 15 is 0 Å². The summed E-state index contributed by atoms with van der Waals surface area (Å²) in [5, 5.41) is 5.95. The predicted octanol–water partition coefficient (Wildman–Crippen LogP) is 2.64. The molecule has 0 radical (unpaired) electrons. The average molecular weight is 427 g/mol. The first-order chi connectivity index (χ1) is 14.9. The number of nitrogens with zero attached hydrogens (tertiary/aromatic N) is 1. The fourth-order valence-electron chi connectivity index (χ4n) is 3.90. The molecule has 31 heavy (non-hydrogen) atoms. The summed E-state index contributed by atoms with van der Waals surface area (Å²) in [6, 6.07) is 9.41. The second-order valence-corrected chi connectivity index (χ2v) is 7.78. The molecule has 1 aromatic heterocycles. The van der Waals surface area contributed by atoms with Gasteiger partial charge in [0.05, 0.1) is 18.7 Å². The van der Waals surface area contributed by atoms with E-state index in [1.165, 1.54) is 0 Å². The average Bonchev–Trinajstić information content (AvgIpc) is 3.04. The molecule has 166 valence electrons. The van der Waals surface area contributed by atoms with Crippen molar-refractivity contribution in [2.75, 3.05) is 31.6 Å². The molecule has 2 aromatic rings. The van der Waals surface area contributed by atoms with Gasteiger partial charge in [-0.15, -0.1) is 0 Å². The maximum Gasteiger partial charge on any atom is 0.340 e. The SMILES string of the molecule is CCOC(=O)c1c(C)[nH]c(C(=O)NC2CCN(CC(=O)Nc3ccccc3)CC2)c1C. The van der Waals surface area contributed by atoms with Crippen molar-refractivity contribution in [2.24, 2.45) is 0 Å². The molecule has 0 bridgehead atoms. The van der Waals surface area contributed by atoms with Gasteiger partial charge in [-0.3, -0.25) is 14.5 Å². The molecule has 3 rings (SSSR count). The van der Waals surface area contributed by atoms with E-state index in [0.717, 1.165) is 31.6 Å². The number of carbonyl (C=O) groups excluding carboxylic acids is 3. The van der Waals surface area contributed by atoms with Crippen LogP contribution in [0.5, 0.6) is 0 Å². The number of benzene rings is 1. The Hall–Kier alpha value is -3.13. The van der Waals surface area contributed by atoms with Crippen LogP contribution in [0.25, 0.3) is 0 Å². The van der Waals surface area contributed by atoms with Gasteiger partial charge in [0.15, 0.2) is 0 Å². The number of esters is 1. The number of ether oxygens (including phenoxy) is 1. The summed E-state index contributed by atoms with van der Waals surface area (Å²) >= 11 is 0. The van der Waals surface area contributed by atoms with Crippen LogP contribution in [0.1, 0.15) is 51.9 Å². The number of nitrogens with one attached hydrogen (secondary N) is 3. The first-order valence-corrected chi connectivity index (χ1v) is 10.6. The highest BCUT2D eigenvalue weighted by Crippen LogP contribution is 2.20. The zero-order chi connectivity index (χ0) is 22.4. The van der Waals surface area contributed by atoms with Crippen molar-refractivity contribution in [1.29, 1.82) is 0 Å². The number of hydrogen-bond donors (Lipinski definition) is 3. The highest BCUT2D eigenvalue weighted by molar-refractivity contribution is 6.00. The summed E-state index contributed by atoms with van der Waals surface area (Å²) in [6.45, 7) is 7.32. The van der Waals surface area contributed by atoms with Crippen molar-refractivity contribution < 1.29 is 19.1 Å². The number of piperidine rings is 1. The molecular formula is C23H30N4O4. The van der Waals surface area contributed by atoms with Crippen molar-refractivity contribution in [1.82, 2.24) is 15.2 Å². The molecule has 1 fully saturated rings. The number of rotatable bonds is 7. The molecule has 1 aliphatic heterocycles. The Morgan fingerprint density at radius 2 is 1.81 bits per heavy atom. The summed E-state index contributed by atoms with van der Waals surface area (Å²) in [5.74, 6) is -0.691. The summed E-state index contributed by atoms with van der Waals surface area (Å²) in [6.07, 6.45) is 1.52. The molecular weight excluding hydrogens is 396 g/mol. The summed E-state index contributed by atoms with van der Waals surface area (Å²) in [5.41, 5.74) is 2.83. The first kappa shape index (κ1) is 22.6. The number of amides is 2. The third-order valence-electron chi connectivity index (χ3n) is 5.49. The lowest BCUT2D eigenvalue weighted by atomic mass is 10.0. The smallest absolute Gasteiger partial charge is 0.340 e. The van der Waals surface area contributed by atoms with Crippen molar-refractivity contribution in [2.45, 2.75) is 39.7 Å². The monoisotopic (exact) mass is 426 g/mol. The molecule has 0 unspecified atom stereocenters. The zero-order valence-corrected chi connectivity index (χ0v) is 18.3. The fourth-order valence-corrected chi connectivity index (χ4v) is 3.90. The highest BCUT2D eigenvalue weighted by atomic mass is 16.5. The van der Waals surface area contributed by atoms with Gasteiger partial charge in [-0.1, -0.05) is 18.2 Å². The van der Waals surface area contributed by atoms with E-state index in [4.69, 9.17) is 4.74 Å².